The highest BCUT2D eigenvalue weighted by atomic mass is 15.1. The molecule has 0 aliphatic heterocycles. The van der Waals surface area contributed by atoms with Gasteiger partial charge in [0, 0.05) is 13.1 Å². The van der Waals surface area contributed by atoms with Gasteiger partial charge in [-0.05, 0) is 38.9 Å². The summed E-state index contributed by atoms with van der Waals surface area (Å²) in [6.07, 6.45) is 7.09. The van der Waals surface area contributed by atoms with Crippen molar-refractivity contribution in [1.82, 2.24) is 10.2 Å². The molecule has 0 bridgehead atoms. The van der Waals surface area contributed by atoms with E-state index in [0.717, 1.165) is 19.6 Å². The zero-order valence-corrected chi connectivity index (χ0v) is 10.6. The van der Waals surface area contributed by atoms with Crippen molar-refractivity contribution in [1.29, 1.82) is 0 Å². The molecule has 0 aromatic rings. The van der Waals surface area contributed by atoms with Gasteiger partial charge < -0.3 is 10.2 Å². The Balaban J connectivity index is 3.07. The van der Waals surface area contributed by atoms with Crippen molar-refractivity contribution in [2.24, 2.45) is 0 Å². The summed E-state index contributed by atoms with van der Waals surface area (Å²) in [5.41, 5.74) is 0. The fraction of sp³-hybridized carbons (Fsp3) is 0.846. The van der Waals surface area contributed by atoms with Crippen LogP contribution >= 0.6 is 0 Å². The van der Waals surface area contributed by atoms with Gasteiger partial charge in [0.2, 0.25) is 0 Å². The van der Waals surface area contributed by atoms with Crippen molar-refractivity contribution in [3.63, 3.8) is 0 Å². The van der Waals surface area contributed by atoms with Crippen molar-refractivity contribution >= 4 is 0 Å². The molecule has 0 saturated carbocycles. The maximum absolute atomic E-state index is 3.72. The molecular weight excluding hydrogens is 184 g/mol. The molecule has 0 aliphatic rings. The highest BCUT2D eigenvalue weighted by Crippen LogP contribution is 1.98. The third kappa shape index (κ3) is 9.95. The van der Waals surface area contributed by atoms with Crippen molar-refractivity contribution in [3.05, 3.63) is 12.7 Å². The summed E-state index contributed by atoms with van der Waals surface area (Å²) in [4.78, 5) is 2.45. The number of rotatable bonds is 11. The van der Waals surface area contributed by atoms with Gasteiger partial charge in [0.15, 0.2) is 0 Å². The van der Waals surface area contributed by atoms with Gasteiger partial charge in [0.05, 0.1) is 0 Å². The van der Waals surface area contributed by atoms with E-state index in [1.54, 1.807) is 0 Å². The predicted molar refractivity (Wildman–Crippen MR) is 69.3 cm³/mol. The molecule has 0 aliphatic carbocycles. The van der Waals surface area contributed by atoms with Gasteiger partial charge in [-0.2, -0.15) is 0 Å². The van der Waals surface area contributed by atoms with Gasteiger partial charge in [0.25, 0.3) is 0 Å². The van der Waals surface area contributed by atoms with Crippen LogP contribution in [-0.2, 0) is 0 Å². The molecule has 0 aromatic carbocycles. The van der Waals surface area contributed by atoms with Gasteiger partial charge in [-0.25, -0.2) is 0 Å². The summed E-state index contributed by atoms with van der Waals surface area (Å²) in [5, 5.41) is 3.49. The van der Waals surface area contributed by atoms with Crippen LogP contribution in [0.25, 0.3) is 0 Å². The van der Waals surface area contributed by atoms with E-state index in [4.69, 9.17) is 0 Å². The van der Waals surface area contributed by atoms with E-state index in [9.17, 15) is 0 Å². The lowest BCUT2D eigenvalue weighted by Crippen LogP contribution is -2.32. The second-order valence-electron chi connectivity index (χ2n) is 3.91. The molecule has 90 valence electrons. The molecule has 0 rings (SSSR count). The maximum Gasteiger partial charge on any atom is 0.0107 e. The number of hydrogen-bond donors (Lipinski definition) is 1. The van der Waals surface area contributed by atoms with E-state index in [0.29, 0.717) is 0 Å². The highest BCUT2D eigenvalue weighted by Gasteiger charge is 1.96. The Morgan fingerprint density at radius 3 is 2.40 bits per heavy atom. The number of allylic oxidation sites excluding steroid dienone is 1. The van der Waals surface area contributed by atoms with Crippen LogP contribution in [0.3, 0.4) is 0 Å². The van der Waals surface area contributed by atoms with E-state index >= 15 is 0 Å². The molecule has 0 aromatic heterocycles. The maximum atomic E-state index is 3.72. The first kappa shape index (κ1) is 14.7. The van der Waals surface area contributed by atoms with Gasteiger partial charge >= 0.3 is 0 Å². The molecule has 1 N–H and O–H groups in total. The van der Waals surface area contributed by atoms with Crippen LogP contribution in [0.1, 0.15) is 39.5 Å². The van der Waals surface area contributed by atoms with Crippen LogP contribution in [0.4, 0.5) is 0 Å². The third-order valence-corrected chi connectivity index (χ3v) is 2.76. The zero-order chi connectivity index (χ0) is 11.4. The zero-order valence-electron chi connectivity index (χ0n) is 10.6. The molecule has 0 unspecified atom stereocenters. The van der Waals surface area contributed by atoms with Crippen LogP contribution < -0.4 is 5.32 Å². The Kier molecular flexibility index (Phi) is 11.5. The van der Waals surface area contributed by atoms with Gasteiger partial charge in [-0.15, -0.1) is 6.58 Å². The number of hydrogen-bond acceptors (Lipinski definition) is 2. The first-order valence-corrected chi connectivity index (χ1v) is 6.39. The van der Waals surface area contributed by atoms with Crippen molar-refractivity contribution in [2.45, 2.75) is 39.5 Å². The van der Waals surface area contributed by atoms with E-state index in [1.807, 2.05) is 6.08 Å². The summed E-state index contributed by atoms with van der Waals surface area (Å²) >= 11 is 0. The summed E-state index contributed by atoms with van der Waals surface area (Å²) in [6.45, 7) is 14.0. The fourth-order valence-corrected chi connectivity index (χ4v) is 1.62. The van der Waals surface area contributed by atoms with Gasteiger partial charge in [-0.1, -0.05) is 26.3 Å². The molecule has 0 amide bonds. The third-order valence-electron chi connectivity index (χ3n) is 2.76. The standard InChI is InChI=1S/C13H28N2/c1-4-7-8-9-10-11-14-12-13-15(5-2)6-3/h4,14H,1,5-13H2,2-3H3. The molecule has 2 heteroatoms. The average molecular weight is 212 g/mol. The largest absolute Gasteiger partial charge is 0.315 e. The second kappa shape index (κ2) is 11.7. The summed E-state index contributed by atoms with van der Waals surface area (Å²) in [7, 11) is 0. The molecule has 0 saturated heterocycles. The van der Waals surface area contributed by atoms with Gasteiger partial charge in [0.1, 0.15) is 0 Å². The first-order valence-electron chi connectivity index (χ1n) is 6.39. The van der Waals surface area contributed by atoms with Crippen molar-refractivity contribution < 1.29 is 0 Å². The lowest BCUT2D eigenvalue weighted by molar-refractivity contribution is 0.302. The molecule has 0 fully saturated rings. The lowest BCUT2D eigenvalue weighted by atomic mass is 10.2. The van der Waals surface area contributed by atoms with Crippen LogP contribution in [0.2, 0.25) is 0 Å². The van der Waals surface area contributed by atoms with E-state index in [-0.39, 0.29) is 0 Å². The van der Waals surface area contributed by atoms with Crippen molar-refractivity contribution in [3.8, 4) is 0 Å². The highest BCUT2D eigenvalue weighted by molar-refractivity contribution is 4.65. The number of likely N-dealkylation sites (N-methyl/N-ethyl adjacent to an activating group) is 1. The Labute approximate surface area is 95.7 Å². The molecular formula is C13H28N2. The molecule has 0 radical (unpaired) electrons. The smallest absolute Gasteiger partial charge is 0.0107 e. The van der Waals surface area contributed by atoms with Crippen molar-refractivity contribution in [2.75, 3.05) is 32.7 Å². The van der Waals surface area contributed by atoms with Gasteiger partial charge in [-0.3, -0.25) is 0 Å². The van der Waals surface area contributed by atoms with Crippen LogP contribution in [0.15, 0.2) is 12.7 Å². The van der Waals surface area contributed by atoms with E-state index in [1.165, 1.54) is 38.8 Å². The van der Waals surface area contributed by atoms with Crippen LogP contribution in [0, 0.1) is 0 Å². The minimum absolute atomic E-state index is 1.13. The van der Waals surface area contributed by atoms with Crippen LogP contribution in [-0.4, -0.2) is 37.6 Å². The number of nitrogens with zero attached hydrogens (tertiary/aromatic N) is 1. The Morgan fingerprint density at radius 1 is 1.07 bits per heavy atom. The quantitative estimate of drug-likeness (QED) is 0.418. The Morgan fingerprint density at radius 2 is 1.80 bits per heavy atom. The topological polar surface area (TPSA) is 15.3 Å². The molecule has 0 atom stereocenters. The molecule has 0 heterocycles. The van der Waals surface area contributed by atoms with Crippen LogP contribution in [0.5, 0.6) is 0 Å². The summed E-state index contributed by atoms with van der Waals surface area (Å²) in [6, 6.07) is 0. The summed E-state index contributed by atoms with van der Waals surface area (Å²) in [5.74, 6) is 0. The number of nitrogens with one attached hydrogen (secondary N) is 1. The Hall–Kier alpha value is -0.340. The predicted octanol–water partition coefficient (Wildman–Crippen LogP) is 2.66. The summed E-state index contributed by atoms with van der Waals surface area (Å²) < 4.78 is 0. The average Bonchev–Trinajstić information content (AvgIpc) is 2.27. The monoisotopic (exact) mass is 212 g/mol. The number of unbranched alkanes of at least 4 members (excludes halogenated alkanes) is 3. The minimum atomic E-state index is 1.13. The molecule has 2 nitrogen and oxygen atoms in total. The SMILES string of the molecule is C=CCCCCCNCCN(CC)CC. The normalized spacial score (nSPS) is 10.9. The Bertz CT molecular complexity index is 130. The molecule has 15 heavy (non-hydrogen) atoms. The van der Waals surface area contributed by atoms with E-state index < -0.39 is 0 Å². The second-order valence-corrected chi connectivity index (χ2v) is 3.91. The fourth-order valence-electron chi connectivity index (χ4n) is 1.62. The minimum Gasteiger partial charge on any atom is -0.315 e. The lowest BCUT2D eigenvalue weighted by Gasteiger charge is -2.17. The molecule has 0 spiro atoms. The first-order chi connectivity index (χ1) is 7.35. The van der Waals surface area contributed by atoms with E-state index in [2.05, 4.69) is 30.6 Å².